The molecule has 0 saturated carbocycles. The molecule has 0 spiro atoms. The van der Waals surface area contributed by atoms with Gasteiger partial charge in [-0.15, -0.1) is 0 Å². The highest BCUT2D eigenvalue weighted by atomic mass is 35.5. The summed E-state index contributed by atoms with van der Waals surface area (Å²) in [5.74, 6) is 0.302. The Morgan fingerprint density at radius 3 is 2.36 bits per heavy atom. The topological polar surface area (TPSA) is 39.9 Å². The molecule has 0 saturated heterocycles. The predicted molar refractivity (Wildman–Crippen MR) is 46.0 cm³/mol. The van der Waals surface area contributed by atoms with Crippen molar-refractivity contribution >= 4 is 40.6 Å². The van der Waals surface area contributed by atoms with Gasteiger partial charge in [-0.1, -0.05) is 41.9 Å². The van der Waals surface area contributed by atoms with Crippen LogP contribution in [0.4, 0.5) is 5.82 Å². The van der Waals surface area contributed by atoms with Crippen LogP contribution in [-0.4, -0.2) is 17.0 Å². The molecule has 0 aliphatic heterocycles. The Morgan fingerprint density at radius 1 is 1.18 bits per heavy atom. The molecule has 11 heavy (non-hydrogen) atoms. The first kappa shape index (κ1) is 8.84. The molecule has 1 aromatic rings. The standard InChI is InChI=1S/C5H3Cl3N3/c1-9-4-2(6)3(7)10-5(8)11-4/h1H3/q-1. The molecule has 60 valence electrons. The third-order valence-electron chi connectivity index (χ3n) is 0.978. The highest BCUT2D eigenvalue weighted by Gasteiger charge is 2.00. The number of hydrogen-bond donors (Lipinski definition) is 0. The fourth-order valence-corrected chi connectivity index (χ4v) is 1.07. The minimum Gasteiger partial charge on any atom is -0.468 e. The Labute approximate surface area is 78.7 Å². The normalized spacial score (nSPS) is 9.82. The molecule has 0 N–H and O–H groups in total. The zero-order valence-corrected chi connectivity index (χ0v) is 7.74. The molecule has 6 heteroatoms. The smallest absolute Gasteiger partial charge is 0.148 e. The van der Waals surface area contributed by atoms with Crippen LogP contribution in [0.25, 0.3) is 5.32 Å². The first-order chi connectivity index (χ1) is 5.15. The van der Waals surface area contributed by atoms with E-state index in [2.05, 4.69) is 15.3 Å². The van der Waals surface area contributed by atoms with Gasteiger partial charge in [0, 0.05) is 0 Å². The van der Waals surface area contributed by atoms with Crippen LogP contribution >= 0.6 is 34.8 Å². The molecule has 1 aromatic heterocycles. The van der Waals surface area contributed by atoms with Crippen molar-refractivity contribution in [2.75, 3.05) is 7.05 Å². The maximum Gasteiger partial charge on any atom is 0.148 e. The van der Waals surface area contributed by atoms with E-state index in [4.69, 9.17) is 34.8 Å². The van der Waals surface area contributed by atoms with Crippen molar-refractivity contribution in [1.29, 1.82) is 0 Å². The summed E-state index contributed by atoms with van der Waals surface area (Å²) in [5.41, 5.74) is 0. The summed E-state index contributed by atoms with van der Waals surface area (Å²) < 4.78 is 0. The van der Waals surface area contributed by atoms with Gasteiger partial charge in [-0.2, -0.15) is 0 Å². The predicted octanol–water partition coefficient (Wildman–Crippen LogP) is 3.07. The number of halogens is 3. The molecule has 3 nitrogen and oxygen atoms in total. The van der Waals surface area contributed by atoms with Gasteiger partial charge in [0.2, 0.25) is 0 Å². The van der Waals surface area contributed by atoms with Gasteiger partial charge in [0.15, 0.2) is 0 Å². The van der Waals surface area contributed by atoms with Gasteiger partial charge in [-0.25, -0.2) is 4.98 Å². The van der Waals surface area contributed by atoms with Crippen molar-refractivity contribution in [1.82, 2.24) is 9.97 Å². The largest absolute Gasteiger partial charge is 0.468 e. The fourth-order valence-electron chi connectivity index (χ4n) is 0.532. The molecule has 0 amide bonds. The average molecular weight is 211 g/mol. The van der Waals surface area contributed by atoms with Gasteiger partial charge in [0.1, 0.15) is 10.4 Å². The molecule has 0 aliphatic rings. The molecule has 0 aromatic carbocycles. The quantitative estimate of drug-likeness (QED) is 0.529. The van der Waals surface area contributed by atoms with E-state index >= 15 is 0 Å². The molecule has 0 unspecified atom stereocenters. The zero-order valence-electron chi connectivity index (χ0n) is 5.48. The van der Waals surface area contributed by atoms with E-state index < -0.39 is 0 Å². The van der Waals surface area contributed by atoms with E-state index in [1.54, 1.807) is 7.05 Å². The second-order valence-electron chi connectivity index (χ2n) is 1.64. The molecule has 0 atom stereocenters. The fraction of sp³-hybridized carbons (Fsp3) is 0.200. The second kappa shape index (κ2) is 3.43. The van der Waals surface area contributed by atoms with Gasteiger partial charge in [0.25, 0.3) is 0 Å². The van der Waals surface area contributed by atoms with Gasteiger partial charge in [-0.05, 0) is 5.82 Å². The first-order valence-corrected chi connectivity index (χ1v) is 3.77. The van der Waals surface area contributed by atoms with Crippen molar-refractivity contribution < 1.29 is 0 Å². The summed E-state index contributed by atoms with van der Waals surface area (Å²) >= 11 is 16.7. The van der Waals surface area contributed by atoms with Crippen molar-refractivity contribution in [3.05, 3.63) is 20.8 Å². The van der Waals surface area contributed by atoms with Crippen LogP contribution in [0.5, 0.6) is 0 Å². The lowest BCUT2D eigenvalue weighted by atomic mass is 10.6. The molecular weight excluding hydrogens is 208 g/mol. The number of hydrogen-bond acceptors (Lipinski definition) is 2. The Bertz CT molecular complexity index is 276. The van der Waals surface area contributed by atoms with Gasteiger partial charge in [-0.3, -0.25) is 0 Å². The maximum absolute atomic E-state index is 5.66. The number of nitrogens with zero attached hydrogens (tertiary/aromatic N) is 3. The third-order valence-corrected chi connectivity index (χ3v) is 1.87. The Kier molecular flexibility index (Phi) is 2.76. The summed E-state index contributed by atoms with van der Waals surface area (Å²) in [7, 11) is 1.54. The SMILES string of the molecule is C[N-]c1nc(Cl)nc(Cl)c1Cl. The summed E-state index contributed by atoms with van der Waals surface area (Å²) in [4.78, 5) is 7.33. The average Bonchev–Trinajstić information content (AvgIpc) is 1.96. The third kappa shape index (κ3) is 1.86. The zero-order chi connectivity index (χ0) is 8.43. The van der Waals surface area contributed by atoms with Crippen LogP contribution in [0.15, 0.2) is 0 Å². The summed E-state index contributed by atoms with van der Waals surface area (Å²) in [5, 5.41) is 4.12. The molecule has 0 bridgehead atoms. The molecular formula is C5H3Cl3N3-. The van der Waals surface area contributed by atoms with E-state index in [0.717, 1.165) is 0 Å². The van der Waals surface area contributed by atoms with Crippen LogP contribution in [0.3, 0.4) is 0 Å². The molecule has 1 heterocycles. The molecule has 1 rings (SSSR count). The van der Waals surface area contributed by atoms with Crippen LogP contribution in [0.1, 0.15) is 0 Å². The second-order valence-corrected chi connectivity index (χ2v) is 2.72. The van der Waals surface area contributed by atoms with E-state index in [1.165, 1.54) is 0 Å². The maximum atomic E-state index is 5.66. The lowest BCUT2D eigenvalue weighted by molar-refractivity contribution is 1.17. The minimum atomic E-state index is 0.0417. The lowest BCUT2D eigenvalue weighted by Crippen LogP contribution is -1.85. The number of rotatable bonds is 1. The Morgan fingerprint density at radius 2 is 1.82 bits per heavy atom. The summed E-state index contributed by atoms with van der Waals surface area (Å²) in [6.07, 6.45) is 0. The number of aromatic nitrogens is 2. The van der Waals surface area contributed by atoms with Crippen LogP contribution < -0.4 is 0 Å². The molecule has 0 radical (unpaired) electrons. The van der Waals surface area contributed by atoms with E-state index in [0.29, 0.717) is 5.82 Å². The molecule has 0 fully saturated rings. The first-order valence-electron chi connectivity index (χ1n) is 2.63. The van der Waals surface area contributed by atoms with Crippen molar-refractivity contribution in [3.63, 3.8) is 0 Å². The Balaban J connectivity index is 3.24. The molecule has 0 aliphatic carbocycles. The van der Waals surface area contributed by atoms with E-state index in [1.807, 2.05) is 0 Å². The van der Waals surface area contributed by atoms with Crippen LogP contribution in [-0.2, 0) is 0 Å². The van der Waals surface area contributed by atoms with Gasteiger partial charge < -0.3 is 10.3 Å². The summed E-state index contributed by atoms with van der Waals surface area (Å²) in [6, 6.07) is 0. The van der Waals surface area contributed by atoms with E-state index in [-0.39, 0.29) is 15.5 Å². The minimum absolute atomic E-state index is 0.0417. The van der Waals surface area contributed by atoms with Crippen LogP contribution in [0.2, 0.25) is 15.5 Å². The van der Waals surface area contributed by atoms with Crippen molar-refractivity contribution in [3.8, 4) is 0 Å². The van der Waals surface area contributed by atoms with Gasteiger partial charge in [0.05, 0.1) is 5.02 Å². The highest BCUT2D eigenvalue weighted by Crippen LogP contribution is 2.31. The van der Waals surface area contributed by atoms with Crippen molar-refractivity contribution in [2.45, 2.75) is 0 Å². The Hall–Kier alpha value is -0.250. The lowest BCUT2D eigenvalue weighted by Gasteiger charge is -2.12. The van der Waals surface area contributed by atoms with E-state index in [9.17, 15) is 0 Å². The van der Waals surface area contributed by atoms with Gasteiger partial charge >= 0.3 is 0 Å². The highest BCUT2D eigenvalue weighted by molar-refractivity contribution is 6.43. The summed E-state index contributed by atoms with van der Waals surface area (Å²) in [6.45, 7) is 0. The van der Waals surface area contributed by atoms with Crippen LogP contribution in [0, 0.1) is 0 Å². The monoisotopic (exact) mass is 210 g/mol. The van der Waals surface area contributed by atoms with Crippen molar-refractivity contribution in [2.24, 2.45) is 0 Å².